The molecule has 6 nitrogen and oxygen atoms in total. The Hall–Kier alpha value is -1.02. The Kier molecular flexibility index (Phi) is 7.57. The van der Waals surface area contributed by atoms with E-state index in [9.17, 15) is 4.79 Å². The average molecular weight is 286 g/mol. The molecule has 108 valence electrons. The van der Waals surface area contributed by atoms with Crippen molar-refractivity contribution < 1.29 is 9.53 Å². The molecule has 0 atom stereocenters. The van der Waals surface area contributed by atoms with Crippen LogP contribution in [0.25, 0.3) is 0 Å². The zero-order valence-electron chi connectivity index (χ0n) is 11.5. The highest BCUT2D eigenvalue weighted by molar-refractivity contribution is 7.09. The first-order valence-corrected chi connectivity index (χ1v) is 7.15. The molecule has 0 aliphatic carbocycles. The molecule has 0 saturated carbocycles. The van der Waals surface area contributed by atoms with E-state index in [0.717, 1.165) is 24.5 Å². The molecular weight excluding hydrogens is 264 g/mol. The average Bonchev–Trinajstić information content (AvgIpc) is 2.85. The van der Waals surface area contributed by atoms with Gasteiger partial charge in [0.05, 0.1) is 11.6 Å². The van der Waals surface area contributed by atoms with Crippen LogP contribution in [0.5, 0.6) is 0 Å². The van der Waals surface area contributed by atoms with Crippen LogP contribution in [0, 0.1) is 0 Å². The largest absolute Gasteiger partial charge is 0.383 e. The van der Waals surface area contributed by atoms with Crippen molar-refractivity contribution >= 4 is 17.2 Å². The molecule has 7 heteroatoms. The van der Waals surface area contributed by atoms with Crippen LogP contribution in [0.1, 0.15) is 15.5 Å². The van der Waals surface area contributed by atoms with Gasteiger partial charge in [-0.2, -0.15) is 0 Å². The molecule has 0 bridgehead atoms. The number of ether oxygens (including phenoxy) is 1. The minimum atomic E-state index is -0.125. The lowest BCUT2D eigenvalue weighted by Crippen LogP contribution is -2.34. The Morgan fingerprint density at radius 1 is 1.58 bits per heavy atom. The van der Waals surface area contributed by atoms with Crippen molar-refractivity contribution in [2.45, 2.75) is 6.42 Å². The molecule has 1 rings (SSSR count). The molecule has 0 spiro atoms. The molecule has 0 aromatic carbocycles. The summed E-state index contributed by atoms with van der Waals surface area (Å²) >= 11 is 1.47. The van der Waals surface area contributed by atoms with Crippen LogP contribution < -0.4 is 11.1 Å². The molecule has 0 aliphatic heterocycles. The lowest BCUT2D eigenvalue weighted by Gasteiger charge is -2.15. The number of carbonyl (C=O) groups is 1. The number of methoxy groups -OCH3 is 1. The van der Waals surface area contributed by atoms with E-state index in [-0.39, 0.29) is 5.91 Å². The molecule has 19 heavy (non-hydrogen) atoms. The standard InChI is InChI=1S/C12H22N4O2S/c1-16(7-8-18-2)6-5-14-12(17)10-9-19-11(15-10)3-4-13/h9H,3-8,13H2,1-2H3,(H,14,17). The van der Waals surface area contributed by atoms with Gasteiger partial charge in [-0.05, 0) is 13.6 Å². The summed E-state index contributed by atoms with van der Waals surface area (Å²) in [5, 5.41) is 5.53. The van der Waals surface area contributed by atoms with Gasteiger partial charge in [-0.3, -0.25) is 4.79 Å². The Bertz CT molecular complexity index is 384. The van der Waals surface area contributed by atoms with Crippen molar-refractivity contribution in [3.05, 3.63) is 16.1 Å². The van der Waals surface area contributed by atoms with E-state index in [1.54, 1.807) is 12.5 Å². The third-order valence-corrected chi connectivity index (χ3v) is 3.51. The van der Waals surface area contributed by atoms with E-state index < -0.39 is 0 Å². The van der Waals surface area contributed by atoms with Crippen LogP contribution in [-0.2, 0) is 11.2 Å². The molecule has 3 N–H and O–H groups in total. The monoisotopic (exact) mass is 286 g/mol. The summed E-state index contributed by atoms with van der Waals surface area (Å²) in [5.74, 6) is -0.125. The number of nitrogens with zero attached hydrogens (tertiary/aromatic N) is 2. The van der Waals surface area contributed by atoms with Crippen molar-refractivity contribution in [1.29, 1.82) is 0 Å². The summed E-state index contributed by atoms with van der Waals surface area (Å²) in [6.07, 6.45) is 0.720. The number of hydrogen-bond donors (Lipinski definition) is 2. The lowest BCUT2D eigenvalue weighted by atomic mass is 10.4. The molecular formula is C12H22N4O2S. The molecule has 1 aromatic heterocycles. The third kappa shape index (κ3) is 6.11. The highest BCUT2D eigenvalue weighted by atomic mass is 32.1. The maximum absolute atomic E-state index is 11.8. The summed E-state index contributed by atoms with van der Waals surface area (Å²) in [5.41, 5.74) is 5.93. The lowest BCUT2D eigenvalue weighted by molar-refractivity contribution is 0.0943. The second kappa shape index (κ2) is 8.98. The van der Waals surface area contributed by atoms with Crippen LogP contribution in [0.15, 0.2) is 5.38 Å². The quantitative estimate of drug-likeness (QED) is 0.665. The summed E-state index contributed by atoms with van der Waals surface area (Å²) in [7, 11) is 3.67. The highest BCUT2D eigenvalue weighted by Crippen LogP contribution is 2.09. The fourth-order valence-electron chi connectivity index (χ4n) is 1.46. The first-order chi connectivity index (χ1) is 9.17. The highest BCUT2D eigenvalue weighted by Gasteiger charge is 2.10. The summed E-state index contributed by atoms with van der Waals surface area (Å²) in [4.78, 5) is 18.2. The van der Waals surface area contributed by atoms with Crippen LogP contribution in [0.3, 0.4) is 0 Å². The number of hydrogen-bond acceptors (Lipinski definition) is 6. The number of aromatic nitrogens is 1. The van der Waals surface area contributed by atoms with Crippen LogP contribution in [0.4, 0.5) is 0 Å². The molecule has 1 heterocycles. The normalized spacial score (nSPS) is 10.9. The third-order valence-electron chi connectivity index (χ3n) is 2.60. The van der Waals surface area contributed by atoms with Crippen molar-refractivity contribution in [2.75, 3.05) is 46.9 Å². The minimum Gasteiger partial charge on any atom is -0.383 e. The maximum Gasteiger partial charge on any atom is 0.270 e. The second-order valence-corrected chi connectivity index (χ2v) is 5.16. The van der Waals surface area contributed by atoms with Gasteiger partial charge in [0.25, 0.3) is 5.91 Å². The predicted molar refractivity (Wildman–Crippen MR) is 76.6 cm³/mol. The number of carbonyl (C=O) groups excluding carboxylic acids is 1. The molecule has 1 aromatic rings. The maximum atomic E-state index is 11.8. The zero-order valence-corrected chi connectivity index (χ0v) is 12.3. The van der Waals surface area contributed by atoms with E-state index in [1.807, 2.05) is 7.05 Å². The van der Waals surface area contributed by atoms with E-state index in [4.69, 9.17) is 10.5 Å². The SMILES string of the molecule is COCCN(C)CCNC(=O)c1csc(CCN)n1. The van der Waals surface area contributed by atoms with Crippen molar-refractivity contribution in [1.82, 2.24) is 15.2 Å². The fraction of sp³-hybridized carbons (Fsp3) is 0.667. The smallest absolute Gasteiger partial charge is 0.270 e. The molecule has 0 fully saturated rings. The van der Waals surface area contributed by atoms with Crippen LogP contribution >= 0.6 is 11.3 Å². The van der Waals surface area contributed by atoms with Crippen molar-refractivity contribution in [3.63, 3.8) is 0 Å². The number of thiazole rings is 1. The Labute approximate surface area is 118 Å². The van der Waals surface area contributed by atoms with Gasteiger partial charge < -0.3 is 20.7 Å². The van der Waals surface area contributed by atoms with E-state index >= 15 is 0 Å². The van der Waals surface area contributed by atoms with Crippen molar-refractivity contribution in [2.24, 2.45) is 5.73 Å². The zero-order chi connectivity index (χ0) is 14.1. The number of likely N-dealkylation sites (N-methyl/N-ethyl adjacent to an activating group) is 1. The number of nitrogens with one attached hydrogen (secondary N) is 1. The minimum absolute atomic E-state index is 0.125. The molecule has 0 radical (unpaired) electrons. The topological polar surface area (TPSA) is 80.5 Å². The number of amides is 1. The van der Waals surface area contributed by atoms with E-state index in [0.29, 0.717) is 25.4 Å². The second-order valence-electron chi connectivity index (χ2n) is 4.22. The van der Waals surface area contributed by atoms with Gasteiger partial charge in [0, 0.05) is 38.5 Å². The molecule has 0 aliphatic rings. The number of nitrogens with two attached hydrogens (primary N) is 1. The molecule has 1 amide bonds. The van der Waals surface area contributed by atoms with Gasteiger partial charge in [-0.25, -0.2) is 4.98 Å². The molecule has 0 saturated heterocycles. The first-order valence-electron chi connectivity index (χ1n) is 6.27. The van der Waals surface area contributed by atoms with Gasteiger partial charge in [-0.1, -0.05) is 0 Å². The Morgan fingerprint density at radius 3 is 3.05 bits per heavy atom. The van der Waals surface area contributed by atoms with Gasteiger partial charge in [0.2, 0.25) is 0 Å². The van der Waals surface area contributed by atoms with Gasteiger partial charge in [-0.15, -0.1) is 11.3 Å². The van der Waals surface area contributed by atoms with Gasteiger partial charge in [0.1, 0.15) is 5.69 Å². The first kappa shape index (κ1) is 16.0. The van der Waals surface area contributed by atoms with E-state index in [1.165, 1.54) is 11.3 Å². The van der Waals surface area contributed by atoms with Crippen LogP contribution in [-0.4, -0.2) is 62.7 Å². The van der Waals surface area contributed by atoms with Gasteiger partial charge >= 0.3 is 0 Å². The molecule has 0 unspecified atom stereocenters. The van der Waals surface area contributed by atoms with Crippen LogP contribution in [0.2, 0.25) is 0 Å². The Balaban J connectivity index is 2.26. The van der Waals surface area contributed by atoms with E-state index in [2.05, 4.69) is 15.2 Å². The summed E-state index contributed by atoms with van der Waals surface area (Å²) in [6.45, 7) is 3.49. The number of rotatable bonds is 9. The Morgan fingerprint density at radius 2 is 2.37 bits per heavy atom. The summed E-state index contributed by atoms with van der Waals surface area (Å²) < 4.78 is 4.99. The van der Waals surface area contributed by atoms with Crippen molar-refractivity contribution in [3.8, 4) is 0 Å². The fourth-order valence-corrected chi connectivity index (χ4v) is 2.26. The summed E-state index contributed by atoms with van der Waals surface area (Å²) in [6, 6.07) is 0. The predicted octanol–water partition coefficient (Wildman–Crippen LogP) is -0.0477. The van der Waals surface area contributed by atoms with Gasteiger partial charge in [0.15, 0.2) is 0 Å².